The highest BCUT2D eigenvalue weighted by atomic mass is 16.6. The molecule has 1 aromatic heterocycles. The van der Waals surface area contributed by atoms with Gasteiger partial charge in [-0.15, -0.1) is 0 Å². The summed E-state index contributed by atoms with van der Waals surface area (Å²) in [4.78, 5) is 33.4. The summed E-state index contributed by atoms with van der Waals surface area (Å²) in [7, 11) is 3.65. The third-order valence-electron chi connectivity index (χ3n) is 3.40. The number of nitrogens with one attached hydrogen (secondary N) is 1. The van der Waals surface area contributed by atoms with E-state index in [0.717, 1.165) is 5.69 Å². The summed E-state index contributed by atoms with van der Waals surface area (Å²) in [6, 6.07) is 6.31. The van der Waals surface area contributed by atoms with Gasteiger partial charge in [-0.3, -0.25) is 14.9 Å². The number of carbonyl (C=O) groups excluding carboxylic acids is 1. The molecule has 0 unspecified atom stereocenters. The molecule has 24 heavy (non-hydrogen) atoms. The molecule has 2 rings (SSSR count). The van der Waals surface area contributed by atoms with Gasteiger partial charge >= 0.3 is 0 Å². The maximum Gasteiger partial charge on any atom is 0.282 e. The summed E-state index contributed by atoms with van der Waals surface area (Å²) in [5, 5.41) is 13.8. The van der Waals surface area contributed by atoms with E-state index < -0.39 is 10.8 Å². The van der Waals surface area contributed by atoms with Crippen molar-refractivity contribution in [3.63, 3.8) is 0 Å². The molecule has 0 fully saturated rings. The number of nitro benzene ring substituents is 1. The highest BCUT2D eigenvalue weighted by molar-refractivity contribution is 5.99. The molecular formula is C16H19N5O3. The van der Waals surface area contributed by atoms with Crippen LogP contribution in [0.3, 0.4) is 0 Å². The van der Waals surface area contributed by atoms with Crippen molar-refractivity contribution < 1.29 is 9.72 Å². The molecule has 126 valence electrons. The minimum absolute atomic E-state index is 0.0705. The number of rotatable bonds is 5. The quantitative estimate of drug-likeness (QED) is 0.665. The van der Waals surface area contributed by atoms with Gasteiger partial charge in [0.1, 0.15) is 5.56 Å². The molecule has 0 aliphatic rings. The van der Waals surface area contributed by atoms with Gasteiger partial charge < -0.3 is 10.2 Å². The van der Waals surface area contributed by atoms with Crippen molar-refractivity contribution in [3.8, 4) is 0 Å². The van der Waals surface area contributed by atoms with Crippen LogP contribution in [0.1, 0.15) is 27.3 Å². The number of benzene rings is 1. The standard InChI is InChI=1S/C16H19N5O3/c1-10-6-5-7-13(21(23)24)14(10)15(22)17-9-12-8-11(2)18-16(19-12)20(3)4/h5-8H,9H2,1-4H3,(H,17,22). The van der Waals surface area contributed by atoms with Crippen LogP contribution in [0.4, 0.5) is 11.6 Å². The van der Waals surface area contributed by atoms with Crippen LogP contribution in [0.25, 0.3) is 0 Å². The third kappa shape index (κ3) is 3.83. The van der Waals surface area contributed by atoms with Crippen molar-refractivity contribution in [3.05, 3.63) is 56.9 Å². The Hall–Kier alpha value is -3.03. The monoisotopic (exact) mass is 329 g/mol. The molecule has 0 aliphatic heterocycles. The molecule has 0 aliphatic carbocycles. The van der Waals surface area contributed by atoms with Crippen LogP contribution in [0.5, 0.6) is 0 Å². The SMILES string of the molecule is Cc1cc(CNC(=O)c2c(C)cccc2[N+](=O)[O-])nc(N(C)C)n1. The first-order valence-electron chi connectivity index (χ1n) is 7.33. The van der Waals surface area contributed by atoms with E-state index in [9.17, 15) is 14.9 Å². The summed E-state index contributed by atoms with van der Waals surface area (Å²) in [5.41, 5.74) is 1.83. The number of anilines is 1. The molecule has 0 spiro atoms. The highest BCUT2D eigenvalue weighted by Gasteiger charge is 2.22. The van der Waals surface area contributed by atoms with Crippen molar-refractivity contribution in [1.82, 2.24) is 15.3 Å². The van der Waals surface area contributed by atoms with Gasteiger partial charge in [-0.25, -0.2) is 9.97 Å². The highest BCUT2D eigenvalue weighted by Crippen LogP contribution is 2.21. The smallest absolute Gasteiger partial charge is 0.282 e. The summed E-state index contributed by atoms with van der Waals surface area (Å²) in [6.45, 7) is 3.67. The van der Waals surface area contributed by atoms with Gasteiger partial charge in [0.05, 0.1) is 17.2 Å². The van der Waals surface area contributed by atoms with Crippen LogP contribution in [0, 0.1) is 24.0 Å². The van der Waals surface area contributed by atoms with Crippen LogP contribution < -0.4 is 10.2 Å². The topological polar surface area (TPSA) is 101 Å². The van der Waals surface area contributed by atoms with E-state index in [1.54, 1.807) is 30.0 Å². The van der Waals surface area contributed by atoms with Crippen molar-refractivity contribution >= 4 is 17.5 Å². The van der Waals surface area contributed by atoms with Crippen LogP contribution in [0.2, 0.25) is 0 Å². The lowest BCUT2D eigenvalue weighted by atomic mass is 10.1. The van der Waals surface area contributed by atoms with Crippen molar-refractivity contribution in [1.29, 1.82) is 0 Å². The first kappa shape index (κ1) is 17.3. The van der Waals surface area contributed by atoms with Crippen molar-refractivity contribution in [2.24, 2.45) is 0 Å². The molecule has 1 heterocycles. The first-order chi connectivity index (χ1) is 11.3. The zero-order valence-electron chi connectivity index (χ0n) is 14.0. The van der Waals surface area contributed by atoms with Gasteiger partial charge in [-0.1, -0.05) is 12.1 Å². The summed E-state index contributed by atoms with van der Waals surface area (Å²) < 4.78 is 0. The second kappa shape index (κ2) is 7.03. The molecular weight excluding hydrogens is 310 g/mol. The number of hydrogen-bond donors (Lipinski definition) is 1. The van der Waals surface area contributed by atoms with Crippen LogP contribution >= 0.6 is 0 Å². The maximum absolute atomic E-state index is 12.4. The number of nitro groups is 1. The molecule has 2 aromatic rings. The molecule has 0 saturated carbocycles. The van der Waals surface area contributed by atoms with Gasteiger partial charge in [0.25, 0.3) is 11.6 Å². The van der Waals surface area contributed by atoms with E-state index in [0.29, 0.717) is 17.2 Å². The second-order valence-corrected chi connectivity index (χ2v) is 5.60. The number of aromatic nitrogens is 2. The second-order valence-electron chi connectivity index (χ2n) is 5.60. The average Bonchev–Trinajstić information content (AvgIpc) is 2.51. The number of amides is 1. The Bertz CT molecular complexity index is 789. The van der Waals surface area contributed by atoms with E-state index >= 15 is 0 Å². The normalized spacial score (nSPS) is 10.3. The molecule has 8 heteroatoms. The van der Waals surface area contributed by atoms with E-state index in [1.165, 1.54) is 6.07 Å². The minimum atomic E-state index is -0.555. The van der Waals surface area contributed by atoms with Gasteiger partial charge in [-0.2, -0.15) is 0 Å². The molecule has 1 N–H and O–H groups in total. The number of hydrogen-bond acceptors (Lipinski definition) is 6. The number of carbonyl (C=O) groups is 1. The minimum Gasteiger partial charge on any atom is -0.347 e. The third-order valence-corrected chi connectivity index (χ3v) is 3.40. The lowest BCUT2D eigenvalue weighted by Crippen LogP contribution is -2.25. The number of nitrogens with zero attached hydrogens (tertiary/aromatic N) is 4. The largest absolute Gasteiger partial charge is 0.347 e. The Balaban J connectivity index is 2.22. The fourth-order valence-electron chi connectivity index (χ4n) is 2.27. The molecule has 1 aromatic carbocycles. The summed E-state index contributed by atoms with van der Waals surface area (Å²) >= 11 is 0. The van der Waals surface area contributed by atoms with E-state index in [-0.39, 0.29) is 17.8 Å². The van der Waals surface area contributed by atoms with Crippen molar-refractivity contribution in [2.45, 2.75) is 20.4 Å². The Morgan fingerprint density at radius 3 is 2.62 bits per heavy atom. The first-order valence-corrected chi connectivity index (χ1v) is 7.33. The molecule has 8 nitrogen and oxygen atoms in total. The predicted molar refractivity (Wildman–Crippen MR) is 90.1 cm³/mol. The summed E-state index contributed by atoms with van der Waals surface area (Å²) in [6.07, 6.45) is 0. The molecule has 1 amide bonds. The molecule has 0 bridgehead atoms. The Kier molecular flexibility index (Phi) is 5.08. The van der Waals surface area contributed by atoms with E-state index in [4.69, 9.17) is 0 Å². The van der Waals surface area contributed by atoms with Gasteiger partial charge in [0, 0.05) is 25.9 Å². The van der Waals surface area contributed by atoms with E-state index in [2.05, 4.69) is 15.3 Å². The lowest BCUT2D eigenvalue weighted by molar-refractivity contribution is -0.385. The van der Waals surface area contributed by atoms with Gasteiger partial charge in [-0.05, 0) is 25.5 Å². The molecule has 0 atom stereocenters. The zero-order chi connectivity index (χ0) is 17.9. The van der Waals surface area contributed by atoms with E-state index in [1.807, 2.05) is 21.0 Å². The Labute approximate surface area is 139 Å². The van der Waals surface area contributed by atoms with Gasteiger partial charge in [0.2, 0.25) is 5.95 Å². The zero-order valence-corrected chi connectivity index (χ0v) is 14.0. The molecule has 0 radical (unpaired) electrons. The maximum atomic E-state index is 12.4. The van der Waals surface area contributed by atoms with Crippen LogP contribution in [-0.4, -0.2) is 34.9 Å². The predicted octanol–water partition coefficient (Wildman–Crippen LogP) is 2.00. The average molecular weight is 329 g/mol. The van der Waals surface area contributed by atoms with Crippen LogP contribution in [-0.2, 0) is 6.54 Å². The summed E-state index contributed by atoms with van der Waals surface area (Å²) in [5.74, 6) is 0.0450. The fraction of sp³-hybridized carbons (Fsp3) is 0.312. The Morgan fingerprint density at radius 2 is 2.00 bits per heavy atom. The van der Waals surface area contributed by atoms with Gasteiger partial charge in [0.15, 0.2) is 0 Å². The Morgan fingerprint density at radius 1 is 1.29 bits per heavy atom. The molecule has 0 saturated heterocycles. The van der Waals surface area contributed by atoms with Crippen molar-refractivity contribution in [2.75, 3.05) is 19.0 Å². The lowest BCUT2D eigenvalue weighted by Gasteiger charge is -2.13. The van der Waals surface area contributed by atoms with Crippen LogP contribution in [0.15, 0.2) is 24.3 Å². The number of aryl methyl sites for hydroxylation is 2. The fourth-order valence-corrected chi connectivity index (χ4v) is 2.27.